The third-order valence-electron chi connectivity index (χ3n) is 2.43. The molecule has 19 heavy (non-hydrogen) atoms. The Labute approximate surface area is 110 Å². The number of carbonyl (C=O) groups excluding carboxylic acids is 1. The molecule has 1 aromatic heterocycles. The zero-order valence-electron chi connectivity index (χ0n) is 10.4. The molecule has 0 saturated heterocycles. The molecule has 1 amide bonds. The molecule has 0 bridgehead atoms. The summed E-state index contributed by atoms with van der Waals surface area (Å²) in [7, 11) is 1.78. The number of nitrogens with zero attached hydrogens (tertiary/aromatic N) is 3. The van der Waals surface area contributed by atoms with Gasteiger partial charge in [-0.15, -0.1) is 0 Å². The SMILES string of the molecule is Cn1ccc(NC(=O)/C=C/c2ccc(C#N)cc2)n1. The van der Waals surface area contributed by atoms with E-state index in [1.807, 2.05) is 6.07 Å². The van der Waals surface area contributed by atoms with E-state index in [0.717, 1.165) is 5.56 Å². The third-order valence-corrected chi connectivity index (χ3v) is 2.43. The Kier molecular flexibility index (Phi) is 3.74. The first kappa shape index (κ1) is 12.6. The van der Waals surface area contributed by atoms with Gasteiger partial charge in [0, 0.05) is 25.4 Å². The molecule has 2 aromatic rings. The summed E-state index contributed by atoms with van der Waals surface area (Å²) in [6.07, 6.45) is 4.86. The van der Waals surface area contributed by atoms with Crippen molar-refractivity contribution in [2.75, 3.05) is 5.32 Å². The van der Waals surface area contributed by atoms with Gasteiger partial charge in [0.05, 0.1) is 11.6 Å². The molecular formula is C14H12N4O. The average molecular weight is 252 g/mol. The van der Waals surface area contributed by atoms with Crippen LogP contribution in [0.1, 0.15) is 11.1 Å². The lowest BCUT2D eigenvalue weighted by atomic mass is 10.1. The van der Waals surface area contributed by atoms with Gasteiger partial charge < -0.3 is 5.32 Å². The minimum absolute atomic E-state index is 0.247. The number of nitriles is 1. The molecule has 0 atom stereocenters. The van der Waals surface area contributed by atoms with Gasteiger partial charge in [-0.25, -0.2) is 0 Å². The zero-order chi connectivity index (χ0) is 13.7. The fraction of sp³-hybridized carbons (Fsp3) is 0.0714. The molecular weight excluding hydrogens is 240 g/mol. The lowest BCUT2D eigenvalue weighted by Crippen LogP contribution is -2.08. The highest BCUT2D eigenvalue weighted by atomic mass is 16.1. The molecule has 94 valence electrons. The first-order valence-corrected chi connectivity index (χ1v) is 5.66. The third kappa shape index (κ3) is 3.54. The van der Waals surface area contributed by atoms with E-state index >= 15 is 0 Å². The number of carbonyl (C=O) groups is 1. The Morgan fingerprint density at radius 1 is 1.37 bits per heavy atom. The van der Waals surface area contributed by atoms with Gasteiger partial charge in [-0.3, -0.25) is 9.48 Å². The van der Waals surface area contributed by atoms with Crippen LogP contribution in [0.5, 0.6) is 0 Å². The fourth-order valence-electron chi connectivity index (χ4n) is 1.49. The summed E-state index contributed by atoms with van der Waals surface area (Å²) in [4.78, 5) is 11.6. The zero-order valence-corrected chi connectivity index (χ0v) is 10.4. The number of aryl methyl sites for hydroxylation is 1. The second-order valence-electron chi connectivity index (χ2n) is 3.93. The monoisotopic (exact) mass is 252 g/mol. The van der Waals surface area contributed by atoms with E-state index in [-0.39, 0.29) is 5.91 Å². The molecule has 1 heterocycles. The number of nitrogens with one attached hydrogen (secondary N) is 1. The van der Waals surface area contributed by atoms with Crippen molar-refractivity contribution in [3.63, 3.8) is 0 Å². The second-order valence-corrected chi connectivity index (χ2v) is 3.93. The molecule has 0 aliphatic rings. The molecule has 5 heteroatoms. The van der Waals surface area contributed by atoms with E-state index < -0.39 is 0 Å². The highest BCUT2D eigenvalue weighted by Crippen LogP contribution is 2.06. The molecule has 1 aromatic carbocycles. The van der Waals surface area contributed by atoms with E-state index in [1.54, 1.807) is 54.3 Å². The fourth-order valence-corrected chi connectivity index (χ4v) is 1.49. The van der Waals surface area contributed by atoms with Crippen LogP contribution < -0.4 is 5.32 Å². The van der Waals surface area contributed by atoms with Crippen molar-refractivity contribution in [3.05, 3.63) is 53.7 Å². The smallest absolute Gasteiger partial charge is 0.249 e. The average Bonchev–Trinajstić information content (AvgIpc) is 2.82. The Hall–Kier alpha value is -2.87. The van der Waals surface area contributed by atoms with Gasteiger partial charge in [0.25, 0.3) is 0 Å². The van der Waals surface area contributed by atoms with Crippen LogP contribution in [0.15, 0.2) is 42.6 Å². The highest BCUT2D eigenvalue weighted by molar-refractivity contribution is 6.01. The summed E-state index contributed by atoms with van der Waals surface area (Å²) in [6, 6.07) is 10.7. The Balaban J connectivity index is 1.97. The van der Waals surface area contributed by atoms with Crippen molar-refractivity contribution in [3.8, 4) is 6.07 Å². The maximum atomic E-state index is 11.6. The molecule has 5 nitrogen and oxygen atoms in total. The van der Waals surface area contributed by atoms with Crippen LogP contribution in [-0.4, -0.2) is 15.7 Å². The van der Waals surface area contributed by atoms with Gasteiger partial charge in [-0.1, -0.05) is 12.1 Å². The molecule has 0 saturated carbocycles. The molecule has 1 N–H and O–H groups in total. The molecule has 0 radical (unpaired) electrons. The summed E-state index contributed by atoms with van der Waals surface area (Å²) in [5.74, 6) is 0.264. The first-order valence-electron chi connectivity index (χ1n) is 5.66. The standard InChI is InChI=1S/C14H12N4O/c1-18-9-8-13(17-18)16-14(19)7-6-11-2-4-12(10-15)5-3-11/h2-9H,1H3,(H,16,17,19)/b7-6+. The van der Waals surface area contributed by atoms with E-state index in [0.29, 0.717) is 11.4 Å². The van der Waals surface area contributed by atoms with Gasteiger partial charge >= 0.3 is 0 Å². The molecule has 2 rings (SSSR count). The van der Waals surface area contributed by atoms with Gasteiger partial charge in [-0.05, 0) is 23.8 Å². The van der Waals surface area contributed by atoms with Gasteiger partial charge in [0.1, 0.15) is 0 Å². The number of rotatable bonds is 3. The highest BCUT2D eigenvalue weighted by Gasteiger charge is 2.00. The quantitative estimate of drug-likeness (QED) is 0.848. The summed E-state index contributed by atoms with van der Waals surface area (Å²) in [5.41, 5.74) is 1.45. The van der Waals surface area contributed by atoms with Crippen LogP contribution in [0.2, 0.25) is 0 Å². The van der Waals surface area contributed by atoms with E-state index in [1.165, 1.54) is 6.08 Å². The van der Waals surface area contributed by atoms with E-state index in [4.69, 9.17) is 5.26 Å². The summed E-state index contributed by atoms with van der Waals surface area (Å²) in [6.45, 7) is 0. The number of hydrogen-bond acceptors (Lipinski definition) is 3. The van der Waals surface area contributed by atoms with Crippen LogP contribution in [-0.2, 0) is 11.8 Å². The number of aromatic nitrogens is 2. The number of amides is 1. The maximum Gasteiger partial charge on any atom is 0.249 e. The molecule has 0 aliphatic heterocycles. The van der Waals surface area contributed by atoms with Gasteiger partial charge in [0.2, 0.25) is 5.91 Å². The largest absolute Gasteiger partial charge is 0.306 e. The predicted molar refractivity (Wildman–Crippen MR) is 72.0 cm³/mol. The van der Waals surface area contributed by atoms with Crippen LogP contribution in [0.3, 0.4) is 0 Å². The Bertz CT molecular complexity index is 647. The first-order chi connectivity index (χ1) is 9.17. The Morgan fingerprint density at radius 3 is 2.68 bits per heavy atom. The number of anilines is 1. The normalized spacial score (nSPS) is 10.3. The van der Waals surface area contributed by atoms with Crippen molar-refractivity contribution < 1.29 is 4.79 Å². The Morgan fingerprint density at radius 2 is 2.11 bits per heavy atom. The molecule has 0 spiro atoms. The summed E-state index contributed by atoms with van der Waals surface area (Å²) in [5, 5.41) is 15.4. The predicted octanol–water partition coefficient (Wildman–Crippen LogP) is 1.94. The topological polar surface area (TPSA) is 70.7 Å². The summed E-state index contributed by atoms with van der Waals surface area (Å²) >= 11 is 0. The molecule has 0 aliphatic carbocycles. The van der Waals surface area contributed by atoms with E-state index in [2.05, 4.69) is 10.4 Å². The lowest BCUT2D eigenvalue weighted by molar-refractivity contribution is -0.111. The van der Waals surface area contributed by atoms with Crippen molar-refractivity contribution >= 4 is 17.8 Å². The van der Waals surface area contributed by atoms with Gasteiger partial charge in [0.15, 0.2) is 5.82 Å². The van der Waals surface area contributed by atoms with Crippen LogP contribution in [0, 0.1) is 11.3 Å². The minimum atomic E-state index is -0.247. The van der Waals surface area contributed by atoms with Gasteiger partial charge in [-0.2, -0.15) is 10.4 Å². The number of hydrogen-bond donors (Lipinski definition) is 1. The number of benzene rings is 1. The van der Waals surface area contributed by atoms with Crippen LogP contribution >= 0.6 is 0 Å². The van der Waals surface area contributed by atoms with E-state index in [9.17, 15) is 4.79 Å². The summed E-state index contributed by atoms with van der Waals surface area (Å²) < 4.78 is 1.61. The molecule has 0 unspecified atom stereocenters. The molecule has 0 fully saturated rings. The van der Waals surface area contributed by atoms with Crippen molar-refractivity contribution in [2.24, 2.45) is 7.05 Å². The van der Waals surface area contributed by atoms with Crippen molar-refractivity contribution in [2.45, 2.75) is 0 Å². The van der Waals surface area contributed by atoms with Crippen LogP contribution in [0.4, 0.5) is 5.82 Å². The lowest BCUT2D eigenvalue weighted by Gasteiger charge is -1.96. The van der Waals surface area contributed by atoms with Crippen LogP contribution in [0.25, 0.3) is 6.08 Å². The minimum Gasteiger partial charge on any atom is -0.306 e. The van der Waals surface area contributed by atoms with Crippen molar-refractivity contribution in [1.82, 2.24) is 9.78 Å². The van der Waals surface area contributed by atoms with Crippen molar-refractivity contribution in [1.29, 1.82) is 5.26 Å². The second kappa shape index (κ2) is 5.65. The maximum absolute atomic E-state index is 11.6.